The molecular weight excluding hydrogens is 324 g/mol. The quantitative estimate of drug-likeness (QED) is 0.531. The lowest BCUT2D eigenvalue weighted by atomic mass is 10.2. The molecule has 1 rings (SSSR count). The molecule has 0 fully saturated rings. The van der Waals surface area contributed by atoms with Crippen LogP contribution in [0.4, 0.5) is 4.39 Å². The molecule has 1 nitrogen and oxygen atoms in total. The monoisotopic (exact) mass is 325 g/mol. The first-order valence-electron chi connectivity index (χ1n) is 2.70. The molecule has 0 aliphatic carbocycles. The van der Waals surface area contributed by atoms with Gasteiger partial charge in [-0.15, -0.1) is 0 Å². The van der Waals surface area contributed by atoms with Crippen LogP contribution in [0.1, 0.15) is 5.56 Å². The Morgan fingerprint density at radius 1 is 1.55 bits per heavy atom. The maximum Gasteiger partial charge on any atom is 0.152 e. The number of nitrogens with zero attached hydrogens (tertiary/aromatic N) is 1. The summed E-state index contributed by atoms with van der Waals surface area (Å²) in [5.74, 6) is -0.371. The highest BCUT2D eigenvalue weighted by atomic mass is 127. The van der Waals surface area contributed by atoms with Gasteiger partial charge < -0.3 is 0 Å². The molecule has 0 aromatic heterocycles. The molecule has 0 bridgehead atoms. The van der Waals surface area contributed by atoms with E-state index in [2.05, 4.69) is 15.9 Å². The number of rotatable bonds is 0. The zero-order valence-electron chi connectivity index (χ0n) is 5.24. The number of nitriles is 1. The molecule has 0 atom stereocenters. The molecule has 0 unspecified atom stereocenters. The van der Waals surface area contributed by atoms with Crippen molar-refractivity contribution in [1.29, 1.82) is 5.26 Å². The predicted octanol–water partition coefficient (Wildman–Crippen LogP) is 3.06. The standard InChI is InChI=1S/C7H2BrFIN/c8-6-4(3-11)1-2-5(10)7(6)9/h1-2H. The average molecular weight is 326 g/mol. The van der Waals surface area contributed by atoms with Gasteiger partial charge in [0.15, 0.2) is 5.82 Å². The summed E-state index contributed by atoms with van der Waals surface area (Å²) in [7, 11) is 0. The molecule has 0 saturated carbocycles. The molecule has 11 heavy (non-hydrogen) atoms. The lowest BCUT2D eigenvalue weighted by Gasteiger charge is -1.97. The maximum absolute atomic E-state index is 13.0. The molecule has 0 heterocycles. The van der Waals surface area contributed by atoms with Crippen LogP contribution in [0.25, 0.3) is 0 Å². The van der Waals surface area contributed by atoms with Crippen LogP contribution in [-0.4, -0.2) is 0 Å². The lowest BCUT2D eigenvalue weighted by molar-refractivity contribution is 0.613. The summed E-state index contributed by atoms with van der Waals surface area (Å²) in [6.45, 7) is 0. The molecule has 0 aliphatic heterocycles. The maximum atomic E-state index is 13.0. The zero-order chi connectivity index (χ0) is 8.43. The van der Waals surface area contributed by atoms with Gasteiger partial charge >= 0.3 is 0 Å². The Hall–Kier alpha value is -0.150. The Morgan fingerprint density at radius 3 is 2.73 bits per heavy atom. The average Bonchev–Trinajstić information content (AvgIpc) is 2.01. The molecular formula is C7H2BrFIN. The largest absolute Gasteiger partial charge is 0.205 e. The van der Waals surface area contributed by atoms with Gasteiger partial charge in [-0.3, -0.25) is 0 Å². The van der Waals surface area contributed by atoms with Gasteiger partial charge in [0.25, 0.3) is 0 Å². The minimum atomic E-state index is -0.371. The lowest BCUT2D eigenvalue weighted by Crippen LogP contribution is -1.86. The molecule has 0 spiro atoms. The van der Waals surface area contributed by atoms with Crippen LogP contribution in [0.2, 0.25) is 0 Å². The van der Waals surface area contributed by atoms with Gasteiger partial charge in [0.2, 0.25) is 0 Å². The highest BCUT2D eigenvalue weighted by Gasteiger charge is 2.07. The van der Waals surface area contributed by atoms with Crippen molar-refractivity contribution >= 4 is 38.5 Å². The molecule has 56 valence electrons. The SMILES string of the molecule is N#Cc1ccc(I)c(F)c1Br. The van der Waals surface area contributed by atoms with E-state index in [4.69, 9.17) is 5.26 Å². The van der Waals surface area contributed by atoms with Crippen molar-refractivity contribution in [2.24, 2.45) is 0 Å². The Morgan fingerprint density at radius 2 is 2.18 bits per heavy atom. The van der Waals surface area contributed by atoms with Gasteiger partial charge in [0.1, 0.15) is 6.07 Å². The normalized spacial score (nSPS) is 9.27. The van der Waals surface area contributed by atoms with E-state index in [0.29, 0.717) is 9.13 Å². The van der Waals surface area contributed by atoms with E-state index >= 15 is 0 Å². The van der Waals surface area contributed by atoms with Crippen molar-refractivity contribution in [2.45, 2.75) is 0 Å². The van der Waals surface area contributed by atoms with Crippen molar-refractivity contribution in [3.05, 3.63) is 31.6 Å². The summed E-state index contributed by atoms with van der Waals surface area (Å²) < 4.78 is 13.7. The number of hydrogen-bond donors (Lipinski definition) is 0. The van der Waals surface area contributed by atoms with Crippen molar-refractivity contribution < 1.29 is 4.39 Å². The Kier molecular flexibility index (Phi) is 2.84. The first kappa shape index (κ1) is 8.94. The minimum absolute atomic E-state index is 0.243. The molecule has 1 aromatic rings. The van der Waals surface area contributed by atoms with Crippen LogP contribution in [0, 0.1) is 20.7 Å². The van der Waals surface area contributed by atoms with Crippen molar-refractivity contribution in [2.75, 3.05) is 0 Å². The third kappa shape index (κ3) is 1.71. The summed E-state index contributed by atoms with van der Waals surface area (Å²) in [6.07, 6.45) is 0. The molecule has 0 saturated heterocycles. The molecule has 1 aromatic carbocycles. The second-order valence-electron chi connectivity index (χ2n) is 1.83. The van der Waals surface area contributed by atoms with Gasteiger partial charge in [-0.1, -0.05) is 0 Å². The summed E-state index contributed by atoms with van der Waals surface area (Å²) in [5, 5.41) is 8.48. The van der Waals surface area contributed by atoms with Crippen molar-refractivity contribution in [3.8, 4) is 6.07 Å². The van der Waals surface area contributed by atoms with Crippen LogP contribution >= 0.6 is 38.5 Å². The number of benzene rings is 1. The van der Waals surface area contributed by atoms with Gasteiger partial charge in [-0.2, -0.15) is 5.26 Å². The van der Waals surface area contributed by atoms with Crippen molar-refractivity contribution in [3.63, 3.8) is 0 Å². The topological polar surface area (TPSA) is 23.8 Å². The van der Waals surface area contributed by atoms with E-state index in [0.717, 1.165) is 0 Å². The number of hydrogen-bond acceptors (Lipinski definition) is 1. The Balaban J connectivity index is 3.40. The fourth-order valence-corrected chi connectivity index (χ4v) is 1.87. The van der Waals surface area contributed by atoms with Crippen LogP contribution in [-0.2, 0) is 0 Å². The smallest absolute Gasteiger partial charge is 0.152 e. The summed E-state index contributed by atoms with van der Waals surface area (Å²) in [5.41, 5.74) is 0.322. The predicted molar refractivity (Wildman–Crippen MR) is 51.5 cm³/mol. The fourth-order valence-electron chi connectivity index (χ4n) is 0.612. The summed E-state index contributed by atoms with van der Waals surface area (Å²) in [6, 6.07) is 5.02. The number of halogens is 3. The van der Waals surface area contributed by atoms with E-state index in [1.54, 1.807) is 12.1 Å². The highest BCUT2D eigenvalue weighted by molar-refractivity contribution is 14.1. The molecule has 0 aliphatic rings. The third-order valence-corrected chi connectivity index (χ3v) is 2.76. The van der Waals surface area contributed by atoms with Crippen LogP contribution in [0.15, 0.2) is 16.6 Å². The van der Waals surface area contributed by atoms with Gasteiger partial charge in [0, 0.05) is 0 Å². The molecule has 0 N–H and O–H groups in total. The third-order valence-electron chi connectivity index (χ3n) is 1.16. The second-order valence-corrected chi connectivity index (χ2v) is 3.79. The van der Waals surface area contributed by atoms with E-state index < -0.39 is 0 Å². The summed E-state index contributed by atoms with van der Waals surface area (Å²) in [4.78, 5) is 0. The summed E-state index contributed by atoms with van der Waals surface area (Å²) >= 11 is 4.86. The molecule has 4 heteroatoms. The van der Waals surface area contributed by atoms with E-state index in [-0.39, 0.29) is 10.3 Å². The first-order chi connectivity index (χ1) is 5.16. The zero-order valence-corrected chi connectivity index (χ0v) is 8.98. The van der Waals surface area contributed by atoms with Crippen LogP contribution < -0.4 is 0 Å². The Bertz CT molecular complexity index is 332. The fraction of sp³-hybridized carbons (Fsp3) is 0. The van der Waals surface area contributed by atoms with Crippen LogP contribution in [0.3, 0.4) is 0 Å². The van der Waals surface area contributed by atoms with Crippen LogP contribution in [0.5, 0.6) is 0 Å². The minimum Gasteiger partial charge on any atom is -0.205 e. The van der Waals surface area contributed by atoms with E-state index in [1.165, 1.54) is 0 Å². The highest BCUT2D eigenvalue weighted by Crippen LogP contribution is 2.23. The van der Waals surface area contributed by atoms with Gasteiger partial charge in [-0.25, -0.2) is 4.39 Å². The van der Waals surface area contributed by atoms with E-state index in [9.17, 15) is 4.39 Å². The van der Waals surface area contributed by atoms with E-state index in [1.807, 2.05) is 28.7 Å². The Labute approximate surface area is 85.5 Å². The van der Waals surface area contributed by atoms with Gasteiger partial charge in [0.05, 0.1) is 13.6 Å². The van der Waals surface area contributed by atoms with Gasteiger partial charge in [-0.05, 0) is 50.7 Å². The molecule has 0 amide bonds. The molecule has 0 radical (unpaired) electrons. The first-order valence-corrected chi connectivity index (χ1v) is 4.57. The van der Waals surface area contributed by atoms with Crippen molar-refractivity contribution in [1.82, 2.24) is 0 Å². The second kappa shape index (κ2) is 3.50.